The smallest absolute Gasteiger partial charge is 0.227 e. The summed E-state index contributed by atoms with van der Waals surface area (Å²) in [6, 6.07) is 7.77. The Morgan fingerprint density at radius 3 is 2.83 bits per heavy atom. The van der Waals surface area contributed by atoms with Crippen LogP contribution in [0.4, 0.5) is 5.82 Å². The summed E-state index contributed by atoms with van der Waals surface area (Å²) in [5.41, 5.74) is 1.94. The molecule has 2 aromatic heterocycles. The highest BCUT2D eigenvalue weighted by Gasteiger charge is 2.20. The first-order valence-corrected chi connectivity index (χ1v) is 7.94. The number of anilines is 1. The summed E-state index contributed by atoms with van der Waals surface area (Å²) in [6.45, 7) is 5.14. The van der Waals surface area contributed by atoms with Crippen molar-refractivity contribution in [1.82, 2.24) is 20.1 Å². The van der Waals surface area contributed by atoms with E-state index in [-0.39, 0.29) is 5.91 Å². The monoisotopic (exact) mass is 311 g/mol. The molecule has 1 aliphatic rings. The third-order valence-electron chi connectivity index (χ3n) is 4.06. The number of hydrogen-bond acceptors (Lipinski definition) is 5. The summed E-state index contributed by atoms with van der Waals surface area (Å²) < 4.78 is 0. The van der Waals surface area contributed by atoms with Crippen LogP contribution < -0.4 is 4.90 Å². The van der Waals surface area contributed by atoms with E-state index in [0.29, 0.717) is 13.0 Å². The van der Waals surface area contributed by atoms with Gasteiger partial charge < -0.3 is 9.80 Å². The Bertz CT molecular complexity index is 644. The number of carbonyl (C=O) groups is 1. The number of amides is 1. The van der Waals surface area contributed by atoms with Crippen molar-refractivity contribution in [2.75, 3.05) is 31.1 Å². The molecule has 2 aromatic rings. The molecule has 1 fully saturated rings. The minimum absolute atomic E-state index is 0.164. The Balaban J connectivity index is 1.59. The first kappa shape index (κ1) is 15.4. The predicted molar refractivity (Wildman–Crippen MR) is 88.1 cm³/mol. The molecule has 0 aromatic carbocycles. The van der Waals surface area contributed by atoms with Gasteiger partial charge in [-0.2, -0.15) is 5.10 Å². The zero-order valence-corrected chi connectivity index (χ0v) is 13.4. The van der Waals surface area contributed by atoms with Gasteiger partial charge >= 0.3 is 0 Å². The zero-order valence-electron chi connectivity index (χ0n) is 13.4. The van der Waals surface area contributed by atoms with Crippen molar-refractivity contribution < 1.29 is 4.79 Å². The molecule has 1 saturated heterocycles. The minimum Gasteiger partial charge on any atom is -0.353 e. The van der Waals surface area contributed by atoms with Gasteiger partial charge in [0.2, 0.25) is 5.91 Å². The fourth-order valence-corrected chi connectivity index (χ4v) is 2.75. The first-order chi connectivity index (χ1) is 11.2. The molecule has 0 bridgehead atoms. The van der Waals surface area contributed by atoms with Crippen LogP contribution in [0, 0.1) is 6.92 Å². The van der Waals surface area contributed by atoms with Crippen LogP contribution in [0.25, 0.3) is 0 Å². The summed E-state index contributed by atoms with van der Waals surface area (Å²) in [6.07, 6.45) is 4.82. The van der Waals surface area contributed by atoms with Crippen molar-refractivity contribution in [2.45, 2.75) is 19.8 Å². The zero-order chi connectivity index (χ0) is 16.1. The second kappa shape index (κ2) is 7.17. The van der Waals surface area contributed by atoms with Crippen LogP contribution in [-0.4, -0.2) is 52.2 Å². The molecule has 0 aliphatic carbocycles. The molecule has 23 heavy (non-hydrogen) atoms. The van der Waals surface area contributed by atoms with Crippen molar-refractivity contribution in [3.63, 3.8) is 0 Å². The Labute approximate surface area is 136 Å². The lowest BCUT2D eigenvalue weighted by Gasteiger charge is -2.22. The molecule has 120 valence electrons. The molecular formula is C17H21N5O. The Kier molecular flexibility index (Phi) is 4.80. The Hall–Kier alpha value is -2.50. The molecule has 0 unspecified atom stereocenters. The van der Waals surface area contributed by atoms with Gasteiger partial charge in [-0.25, -0.2) is 0 Å². The lowest BCUT2D eigenvalue weighted by molar-refractivity contribution is -0.130. The SMILES string of the molecule is Cc1ccc(CC(=O)N2CCCN(c3cccnn3)CC2)cn1. The maximum atomic E-state index is 12.5. The van der Waals surface area contributed by atoms with Crippen LogP contribution >= 0.6 is 0 Å². The van der Waals surface area contributed by atoms with Crippen LogP contribution in [0.15, 0.2) is 36.7 Å². The van der Waals surface area contributed by atoms with Crippen LogP contribution in [-0.2, 0) is 11.2 Å². The van der Waals surface area contributed by atoms with Crippen molar-refractivity contribution in [3.05, 3.63) is 47.9 Å². The molecule has 0 radical (unpaired) electrons. The average molecular weight is 311 g/mol. The Morgan fingerprint density at radius 1 is 1.17 bits per heavy atom. The number of hydrogen-bond donors (Lipinski definition) is 0. The average Bonchev–Trinajstić information content (AvgIpc) is 2.84. The van der Waals surface area contributed by atoms with Gasteiger partial charge in [0.15, 0.2) is 5.82 Å². The first-order valence-electron chi connectivity index (χ1n) is 7.94. The largest absolute Gasteiger partial charge is 0.353 e. The second-order valence-electron chi connectivity index (χ2n) is 5.79. The van der Waals surface area contributed by atoms with E-state index in [0.717, 1.165) is 43.1 Å². The van der Waals surface area contributed by atoms with Gasteiger partial charge in [0, 0.05) is 44.3 Å². The molecule has 0 N–H and O–H groups in total. The molecule has 1 aliphatic heterocycles. The summed E-state index contributed by atoms with van der Waals surface area (Å²) in [5, 5.41) is 8.08. The van der Waals surface area contributed by atoms with Gasteiger partial charge in [0.1, 0.15) is 0 Å². The molecule has 6 nitrogen and oxygen atoms in total. The number of nitrogens with zero attached hydrogens (tertiary/aromatic N) is 5. The summed E-state index contributed by atoms with van der Waals surface area (Å²) in [7, 11) is 0. The fourth-order valence-electron chi connectivity index (χ4n) is 2.75. The number of aromatic nitrogens is 3. The van der Waals surface area contributed by atoms with E-state index in [9.17, 15) is 4.79 Å². The number of rotatable bonds is 3. The van der Waals surface area contributed by atoms with Gasteiger partial charge in [-0.3, -0.25) is 9.78 Å². The molecule has 3 heterocycles. The number of aryl methyl sites for hydroxylation is 1. The van der Waals surface area contributed by atoms with E-state index in [4.69, 9.17) is 0 Å². The normalized spacial score (nSPS) is 15.3. The molecule has 3 rings (SSSR count). The Morgan fingerprint density at radius 2 is 2.09 bits per heavy atom. The highest BCUT2D eigenvalue weighted by molar-refractivity contribution is 5.78. The van der Waals surface area contributed by atoms with Crippen molar-refractivity contribution in [3.8, 4) is 0 Å². The molecule has 0 saturated carbocycles. The number of pyridine rings is 1. The molecule has 0 atom stereocenters. The molecule has 1 amide bonds. The van der Waals surface area contributed by atoms with Crippen LogP contribution in [0.5, 0.6) is 0 Å². The summed E-state index contributed by atoms with van der Waals surface area (Å²) in [4.78, 5) is 20.9. The topological polar surface area (TPSA) is 62.2 Å². The molecular weight excluding hydrogens is 290 g/mol. The van der Waals surface area contributed by atoms with Crippen molar-refractivity contribution in [2.24, 2.45) is 0 Å². The van der Waals surface area contributed by atoms with E-state index in [2.05, 4.69) is 20.1 Å². The maximum absolute atomic E-state index is 12.5. The van der Waals surface area contributed by atoms with Gasteiger partial charge in [-0.1, -0.05) is 6.07 Å². The summed E-state index contributed by atoms with van der Waals surface area (Å²) >= 11 is 0. The minimum atomic E-state index is 0.164. The second-order valence-corrected chi connectivity index (χ2v) is 5.79. The maximum Gasteiger partial charge on any atom is 0.227 e. The summed E-state index contributed by atoms with van der Waals surface area (Å²) in [5.74, 6) is 1.04. The van der Waals surface area contributed by atoms with E-state index in [1.54, 1.807) is 12.4 Å². The lowest BCUT2D eigenvalue weighted by atomic mass is 10.2. The molecule has 6 heteroatoms. The third-order valence-corrected chi connectivity index (χ3v) is 4.06. The van der Waals surface area contributed by atoms with Crippen molar-refractivity contribution in [1.29, 1.82) is 0 Å². The van der Waals surface area contributed by atoms with E-state index < -0.39 is 0 Å². The van der Waals surface area contributed by atoms with Gasteiger partial charge in [0.25, 0.3) is 0 Å². The predicted octanol–water partition coefficient (Wildman–Crippen LogP) is 1.46. The van der Waals surface area contributed by atoms with Gasteiger partial charge in [-0.05, 0) is 37.1 Å². The molecule has 0 spiro atoms. The van der Waals surface area contributed by atoms with E-state index in [1.807, 2.05) is 36.1 Å². The van der Waals surface area contributed by atoms with E-state index in [1.165, 1.54) is 0 Å². The standard InChI is InChI=1S/C17H21N5O/c1-14-5-6-15(13-18-14)12-17(23)22-9-3-8-21(10-11-22)16-4-2-7-19-20-16/h2,4-7,13H,3,8-12H2,1H3. The fraction of sp³-hybridized carbons (Fsp3) is 0.412. The van der Waals surface area contributed by atoms with Gasteiger partial charge in [0.05, 0.1) is 6.42 Å². The quantitative estimate of drug-likeness (QED) is 0.859. The lowest BCUT2D eigenvalue weighted by Crippen LogP contribution is -2.36. The van der Waals surface area contributed by atoms with E-state index >= 15 is 0 Å². The highest BCUT2D eigenvalue weighted by atomic mass is 16.2. The van der Waals surface area contributed by atoms with Crippen LogP contribution in [0.1, 0.15) is 17.7 Å². The van der Waals surface area contributed by atoms with Gasteiger partial charge in [-0.15, -0.1) is 5.10 Å². The highest BCUT2D eigenvalue weighted by Crippen LogP contribution is 2.13. The van der Waals surface area contributed by atoms with Crippen molar-refractivity contribution >= 4 is 11.7 Å². The van der Waals surface area contributed by atoms with Crippen LogP contribution in [0.2, 0.25) is 0 Å². The third kappa shape index (κ3) is 4.03. The number of carbonyl (C=O) groups excluding carboxylic acids is 1. The van der Waals surface area contributed by atoms with Crippen LogP contribution in [0.3, 0.4) is 0 Å².